The molecule has 0 radical (unpaired) electrons. The number of hydrogen-bond donors (Lipinski definition) is 0. The summed E-state index contributed by atoms with van der Waals surface area (Å²) in [5, 5.41) is 0.523. The van der Waals surface area contributed by atoms with Crippen LogP contribution >= 0.6 is 34.2 Å². The third-order valence-corrected chi connectivity index (χ3v) is 4.68. The SMILES string of the molecule is CCCOc1ccc(-c2nc(Cl)c(I)c(CCC)n2)cc1. The molecule has 0 fully saturated rings. The topological polar surface area (TPSA) is 35.0 Å². The van der Waals surface area contributed by atoms with E-state index in [4.69, 9.17) is 16.3 Å². The van der Waals surface area contributed by atoms with Crippen LogP contribution in [0, 0.1) is 3.57 Å². The number of nitrogens with zero attached hydrogens (tertiary/aromatic N) is 2. The van der Waals surface area contributed by atoms with Gasteiger partial charge < -0.3 is 4.74 Å². The lowest BCUT2D eigenvalue weighted by molar-refractivity contribution is 0.317. The molecular weight excluding hydrogens is 399 g/mol. The van der Waals surface area contributed by atoms with Crippen LogP contribution < -0.4 is 4.74 Å². The van der Waals surface area contributed by atoms with E-state index in [9.17, 15) is 0 Å². The van der Waals surface area contributed by atoms with E-state index in [1.165, 1.54) is 0 Å². The van der Waals surface area contributed by atoms with Crippen molar-refractivity contribution in [1.29, 1.82) is 0 Å². The van der Waals surface area contributed by atoms with Gasteiger partial charge in [-0.15, -0.1) is 0 Å². The zero-order chi connectivity index (χ0) is 15.2. The lowest BCUT2D eigenvalue weighted by atomic mass is 10.2. The third-order valence-electron chi connectivity index (χ3n) is 2.95. The normalized spacial score (nSPS) is 10.7. The molecule has 1 aromatic carbocycles. The van der Waals surface area contributed by atoms with Gasteiger partial charge in [-0.25, -0.2) is 9.97 Å². The zero-order valence-electron chi connectivity index (χ0n) is 12.2. The molecule has 0 N–H and O–H groups in total. The van der Waals surface area contributed by atoms with E-state index < -0.39 is 0 Å². The maximum atomic E-state index is 6.22. The first kappa shape index (κ1) is 16.5. The van der Waals surface area contributed by atoms with Crippen LogP contribution in [-0.4, -0.2) is 16.6 Å². The predicted octanol–water partition coefficient (Wildman–Crippen LogP) is 5.14. The van der Waals surface area contributed by atoms with Gasteiger partial charge in [0.15, 0.2) is 5.82 Å². The van der Waals surface area contributed by atoms with Crippen LogP contribution in [0.25, 0.3) is 11.4 Å². The summed E-state index contributed by atoms with van der Waals surface area (Å²) < 4.78 is 6.53. The number of rotatable bonds is 6. The Labute approximate surface area is 144 Å². The lowest BCUT2D eigenvalue weighted by Gasteiger charge is -2.09. The average Bonchev–Trinajstić information content (AvgIpc) is 2.50. The van der Waals surface area contributed by atoms with E-state index in [0.29, 0.717) is 11.0 Å². The predicted molar refractivity (Wildman–Crippen MR) is 95.0 cm³/mol. The first-order valence-corrected chi connectivity index (χ1v) is 8.56. The highest BCUT2D eigenvalue weighted by Gasteiger charge is 2.11. The fraction of sp³-hybridized carbons (Fsp3) is 0.375. The van der Waals surface area contributed by atoms with Crippen molar-refractivity contribution in [3.63, 3.8) is 0 Å². The zero-order valence-corrected chi connectivity index (χ0v) is 15.1. The summed E-state index contributed by atoms with van der Waals surface area (Å²) in [6.45, 7) is 4.95. The van der Waals surface area contributed by atoms with Gasteiger partial charge in [0.1, 0.15) is 10.9 Å². The molecule has 0 aliphatic rings. The van der Waals surface area contributed by atoms with Crippen LogP contribution in [0.3, 0.4) is 0 Å². The van der Waals surface area contributed by atoms with Crippen LogP contribution in [0.15, 0.2) is 24.3 Å². The molecular formula is C16H18ClIN2O. The molecule has 0 bridgehead atoms. The Morgan fingerprint density at radius 2 is 1.81 bits per heavy atom. The molecule has 1 aromatic heterocycles. The first-order valence-electron chi connectivity index (χ1n) is 7.10. The van der Waals surface area contributed by atoms with Gasteiger partial charge >= 0.3 is 0 Å². The van der Waals surface area contributed by atoms with Crippen molar-refractivity contribution in [3.05, 3.63) is 38.7 Å². The second-order valence-electron chi connectivity index (χ2n) is 4.72. The second-order valence-corrected chi connectivity index (χ2v) is 6.16. The van der Waals surface area contributed by atoms with E-state index in [1.807, 2.05) is 24.3 Å². The number of benzene rings is 1. The number of hydrogen-bond acceptors (Lipinski definition) is 3. The smallest absolute Gasteiger partial charge is 0.161 e. The van der Waals surface area contributed by atoms with Gasteiger partial charge in [-0.05, 0) is 59.7 Å². The molecule has 3 nitrogen and oxygen atoms in total. The molecule has 0 aliphatic heterocycles. The fourth-order valence-corrected chi connectivity index (χ4v) is 2.61. The second kappa shape index (κ2) is 7.94. The highest BCUT2D eigenvalue weighted by Crippen LogP contribution is 2.26. The van der Waals surface area contributed by atoms with E-state index in [1.54, 1.807) is 0 Å². The van der Waals surface area contributed by atoms with Crippen LogP contribution in [0.5, 0.6) is 5.75 Å². The quantitative estimate of drug-likeness (QED) is 0.483. The van der Waals surface area contributed by atoms with Crippen molar-refractivity contribution in [1.82, 2.24) is 9.97 Å². The average molecular weight is 417 g/mol. The van der Waals surface area contributed by atoms with Gasteiger partial charge in [-0.2, -0.15) is 0 Å². The molecule has 2 rings (SSSR count). The first-order chi connectivity index (χ1) is 10.2. The Balaban J connectivity index is 2.28. The number of halogens is 2. The summed E-state index contributed by atoms with van der Waals surface area (Å²) in [7, 11) is 0. The molecule has 0 spiro atoms. The molecule has 112 valence electrons. The molecule has 0 unspecified atom stereocenters. The summed E-state index contributed by atoms with van der Waals surface area (Å²) >= 11 is 8.43. The van der Waals surface area contributed by atoms with Crippen LogP contribution in [0.1, 0.15) is 32.4 Å². The van der Waals surface area contributed by atoms with Gasteiger partial charge in [0.05, 0.1) is 15.9 Å². The van der Waals surface area contributed by atoms with Crippen molar-refractivity contribution in [2.45, 2.75) is 33.1 Å². The molecule has 0 amide bonds. The standard InChI is InChI=1S/C16H18ClIN2O/c1-3-5-13-14(18)15(17)20-16(19-13)11-6-8-12(9-7-11)21-10-4-2/h6-9H,3-5,10H2,1-2H3. The van der Waals surface area contributed by atoms with Crippen LogP contribution in [0.2, 0.25) is 5.15 Å². The molecule has 0 aliphatic carbocycles. The van der Waals surface area contributed by atoms with Gasteiger partial charge in [-0.1, -0.05) is 31.9 Å². The monoisotopic (exact) mass is 416 g/mol. The van der Waals surface area contributed by atoms with E-state index in [2.05, 4.69) is 46.4 Å². The number of aromatic nitrogens is 2. The Bertz CT molecular complexity index is 602. The van der Waals surface area contributed by atoms with Gasteiger partial charge in [-0.3, -0.25) is 0 Å². The molecule has 2 aromatic rings. The summed E-state index contributed by atoms with van der Waals surface area (Å²) in [6, 6.07) is 7.83. The fourth-order valence-electron chi connectivity index (χ4n) is 1.91. The Morgan fingerprint density at radius 3 is 2.43 bits per heavy atom. The maximum absolute atomic E-state index is 6.22. The molecule has 0 atom stereocenters. The minimum atomic E-state index is 0.523. The van der Waals surface area contributed by atoms with E-state index >= 15 is 0 Å². The summed E-state index contributed by atoms with van der Waals surface area (Å²) in [5.74, 6) is 1.54. The summed E-state index contributed by atoms with van der Waals surface area (Å²) in [4.78, 5) is 9.02. The maximum Gasteiger partial charge on any atom is 0.161 e. The highest BCUT2D eigenvalue weighted by molar-refractivity contribution is 14.1. The van der Waals surface area contributed by atoms with Crippen LogP contribution in [-0.2, 0) is 6.42 Å². The molecule has 5 heteroatoms. The lowest BCUT2D eigenvalue weighted by Crippen LogP contribution is -2.01. The number of ether oxygens (including phenoxy) is 1. The number of aryl methyl sites for hydroxylation is 1. The summed E-state index contributed by atoms with van der Waals surface area (Å²) in [5.41, 5.74) is 1.97. The van der Waals surface area contributed by atoms with Gasteiger partial charge in [0.2, 0.25) is 0 Å². The van der Waals surface area contributed by atoms with Crippen LogP contribution in [0.4, 0.5) is 0 Å². The Kier molecular flexibility index (Phi) is 6.23. The van der Waals surface area contributed by atoms with E-state index in [-0.39, 0.29) is 0 Å². The van der Waals surface area contributed by atoms with Crippen molar-refractivity contribution in [2.75, 3.05) is 6.61 Å². The molecule has 21 heavy (non-hydrogen) atoms. The van der Waals surface area contributed by atoms with Crippen molar-refractivity contribution in [2.24, 2.45) is 0 Å². The van der Waals surface area contributed by atoms with Crippen molar-refractivity contribution in [3.8, 4) is 17.1 Å². The van der Waals surface area contributed by atoms with Gasteiger partial charge in [0.25, 0.3) is 0 Å². The molecule has 1 heterocycles. The minimum absolute atomic E-state index is 0.523. The van der Waals surface area contributed by atoms with Crippen molar-refractivity contribution < 1.29 is 4.74 Å². The third kappa shape index (κ3) is 4.30. The Hall–Kier alpha value is -0.880. The van der Waals surface area contributed by atoms with E-state index in [0.717, 1.165) is 46.4 Å². The van der Waals surface area contributed by atoms with Crippen molar-refractivity contribution >= 4 is 34.2 Å². The Morgan fingerprint density at radius 1 is 1.10 bits per heavy atom. The minimum Gasteiger partial charge on any atom is -0.494 e. The summed E-state index contributed by atoms with van der Waals surface area (Å²) in [6.07, 6.45) is 2.94. The largest absolute Gasteiger partial charge is 0.494 e. The highest BCUT2D eigenvalue weighted by atomic mass is 127. The molecule has 0 saturated carbocycles. The van der Waals surface area contributed by atoms with Gasteiger partial charge in [0, 0.05) is 5.56 Å². The molecule has 0 saturated heterocycles.